The SMILES string of the molecule is COC[C@H]1C(NS(=O)(=O)CC2CC2)CCCN1C(=O)COc1ccccc1C. The first kappa shape index (κ1) is 21.1. The van der Waals surface area contributed by atoms with Crippen molar-refractivity contribution < 1.29 is 22.7 Å². The van der Waals surface area contributed by atoms with Gasteiger partial charge in [-0.2, -0.15) is 0 Å². The van der Waals surface area contributed by atoms with Crippen LogP contribution in [0.3, 0.4) is 0 Å². The summed E-state index contributed by atoms with van der Waals surface area (Å²) in [5.41, 5.74) is 0.966. The number of methoxy groups -OCH3 is 1. The minimum atomic E-state index is -3.35. The number of piperidine rings is 1. The molecule has 2 fully saturated rings. The van der Waals surface area contributed by atoms with E-state index in [0.717, 1.165) is 24.8 Å². The molecule has 1 aliphatic heterocycles. The number of nitrogens with one attached hydrogen (secondary N) is 1. The van der Waals surface area contributed by atoms with E-state index in [-0.39, 0.29) is 42.9 Å². The third kappa shape index (κ3) is 5.68. The number of hydrogen-bond acceptors (Lipinski definition) is 5. The Bertz CT molecular complexity index is 779. The van der Waals surface area contributed by atoms with Gasteiger partial charge in [0.05, 0.1) is 18.4 Å². The lowest BCUT2D eigenvalue weighted by atomic mass is 9.97. The second-order valence-electron chi connectivity index (χ2n) is 7.76. The summed E-state index contributed by atoms with van der Waals surface area (Å²) in [7, 11) is -1.79. The molecule has 1 amide bonds. The first-order valence-corrected chi connectivity index (χ1v) is 11.5. The molecule has 8 heteroatoms. The van der Waals surface area contributed by atoms with Crippen LogP contribution in [0.1, 0.15) is 31.2 Å². The van der Waals surface area contributed by atoms with E-state index in [1.54, 1.807) is 12.0 Å². The van der Waals surface area contributed by atoms with Gasteiger partial charge in [0.25, 0.3) is 5.91 Å². The Labute approximate surface area is 167 Å². The van der Waals surface area contributed by atoms with Crippen LogP contribution in [0.25, 0.3) is 0 Å². The molecule has 1 saturated carbocycles. The van der Waals surface area contributed by atoms with E-state index in [1.165, 1.54) is 0 Å². The quantitative estimate of drug-likeness (QED) is 0.670. The van der Waals surface area contributed by atoms with Crippen molar-refractivity contribution >= 4 is 15.9 Å². The zero-order valence-corrected chi connectivity index (χ0v) is 17.4. The fourth-order valence-corrected chi connectivity index (χ4v) is 5.48. The van der Waals surface area contributed by atoms with Crippen molar-refractivity contribution in [2.45, 2.75) is 44.7 Å². The number of sulfonamides is 1. The van der Waals surface area contributed by atoms with Gasteiger partial charge in [0.2, 0.25) is 10.0 Å². The normalized spacial score (nSPS) is 22.9. The molecule has 2 aliphatic rings. The second kappa shape index (κ2) is 9.24. The first-order valence-electron chi connectivity index (χ1n) is 9.86. The zero-order valence-electron chi connectivity index (χ0n) is 16.6. The summed E-state index contributed by atoms with van der Waals surface area (Å²) >= 11 is 0. The van der Waals surface area contributed by atoms with Crippen LogP contribution in [-0.4, -0.2) is 63.9 Å². The maximum absolute atomic E-state index is 12.8. The highest BCUT2D eigenvalue weighted by atomic mass is 32.2. The third-order valence-corrected chi connectivity index (χ3v) is 6.94. The van der Waals surface area contributed by atoms with Gasteiger partial charge in [0.15, 0.2) is 6.61 Å². The van der Waals surface area contributed by atoms with Gasteiger partial charge in [-0.05, 0) is 50.2 Å². The van der Waals surface area contributed by atoms with Gasteiger partial charge in [-0.15, -0.1) is 0 Å². The largest absolute Gasteiger partial charge is 0.484 e. The summed E-state index contributed by atoms with van der Waals surface area (Å²) in [5.74, 6) is 0.976. The van der Waals surface area contributed by atoms with Crippen LogP contribution in [0, 0.1) is 12.8 Å². The van der Waals surface area contributed by atoms with E-state index < -0.39 is 10.0 Å². The molecule has 1 heterocycles. The van der Waals surface area contributed by atoms with Crippen LogP contribution in [-0.2, 0) is 19.6 Å². The highest BCUT2D eigenvalue weighted by Crippen LogP contribution is 2.30. The molecule has 156 valence electrons. The highest BCUT2D eigenvalue weighted by molar-refractivity contribution is 7.89. The van der Waals surface area contributed by atoms with Crippen LogP contribution in [0.15, 0.2) is 24.3 Å². The molecule has 1 saturated heterocycles. The van der Waals surface area contributed by atoms with Crippen LogP contribution in [0.4, 0.5) is 0 Å². The fourth-order valence-electron chi connectivity index (χ4n) is 3.70. The topological polar surface area (TPSA) is 84.9 Å². The van der Waals surface area contributed by atoms with Gasteiger partial charge >= 0.3 is 0 Å². The molecule has 1 N–H and O–H groups in total. The molecule has 0 radical (unpaired) electrons. The number of hydrogen-bond donors (Lipinski definition) is 1. The number of ether oxygens (including phenoxy) is 2. The maximum atomic E-state index is 12.8. The molecule has 1 aromatic rings. The van der Waals surface area contributed by atoms with Gasteiger partial charge in [-0.25, -0.2) is 13.1 Å². The molecule has 2 atom stereocenters. The molecule has 1 unspecified atom stereocenters. The van der Waals surface area contributed by atoms with E-state index in [4.69, 9.17) is 9.47 Å². The lowest BCUT2D eigenvalue weighted by Gasteiger charge is -2.41. The van der Waals surface area contributed by atoms with Crippen LogP contribution >= 0.6 is 0 Å². The number of benzene rings is 1. The molecule has 0 spiro atoms. The van der Waals surface area contributed by atoms with Gasteiger partial charge in [-0.1, -0.05) is 18.2 Å². The van der Waals surface area contributed by atoms with Crippen molar-refractivity contribution in [3.8, 4) is 5.75 Å². The monoisotopic (exact) mass is 410 g/mol. The highest BCUT2D eigenvalue weighted by Gasteiger charge is 2.38. The molecule has 3 rings (SSSR count). The van der Waals surface area contributed by atoms with E-state index in [0.29, 0.717) is 18.7 Å². The molecular weight excluding hydrogens is 380 g/mol. The molecule has 1 aliphatic carbocycles. The summed E-state index contributed by atoms with van der Waals surface area (Å²) < 4.78 is 38.7. The summed E-state index contributed by atoms with van der Waals surface area (Å²) in [6, 6.07) is 6.88. The third-order valence-electron chi connectivity index (χ3n) is 5.36. The Morgan fingerprint density at radius 3 is 2.68 bits per heavy atom. The van der Waals surface area contributed by atoms with Crippen molar-refractivity contribution in [3.05, 3.63) is 29.8 Å². The van der Waals surface area contributed by atoms with Crippen LogP contribution in [0.5, 0.6) is 5.75 Å². The van der Waals surface area contributed by atoms with Crippen molar-refractivity contribution in [1.82, 2.24) is 9.62 Å². The number of carbonyl (C=O) groups excluding carboxylic acids is 1. The molecule has 0 bridgehead atoms. The van der Waals surface area contributed by atoms with Crippen LogP contribution < -0.4 is 9.46 Å². The smallest absolute Gasteiger partial charge is 0.260 e. The Morgan fingerprint density at radius 1 is 1.25 bits per heavy atom. The number of aryl methyl sites for hydroxylation is 1. The Hall–Kier alpha value is -1.64. The average Bonchev–Trinajstić information content (AvgIpc) is 3.45. The molecular formula is C20H30N2O5S. The number of rotatable bonds is 9. The second-order valence-corrected chi connectivity index (χ2v) is 9.55. The van der Waals surface area contributed by atoms with Gasteiger partial charge in [0, 0.05) is 19.7 Å². The number of para-hydroxylation sites is 1. The predicted molar refractivity (Wildman–Crippen MR) is 107 cm³/mol. The Morgan fingerprint density at radius 2 is 2.00 bits per heavy atom. The van der Waals surface area contributed by atoms with Crippen molar-refractivity contribution in [3.63, 3.8) is 0 Å². The van der Waals surface area contributed by atoms with E-state index in [1.807, 2.05) is 31.2 Å². The van der Waals surface area contributed by atoms with Crippen molar-refractivity contribution in [2.24, 2.45) is 5.92 Å². The first-order chi connectivity index (χ1) is 13.4. The zero-order chi connectivity index (χ0) is 20.1. The number of amides is 1. The van der Waals surface area contributed by atoms with Gasteiger partial charge in [-0.3, -0.25) is 4.79 Å². The maximum Gasteiger partial charge on any atom is 0.260 e. The van der Waals surface area contributed by atoms with Gasteiger partial charge < -0.3 is 14.4 Å². The van der Waals surface area contributed by atoms with Crippen LogP contribution in [0.2, 0.25) is 0 Å². The summed E-state index contributed by atoms with van der Waals surface area (Å²) in [6.07, 6.45) is 3.40. The number of likely N-dealkylation sites (tertiary alicyclic amines) is 1. The van der Waals surface area contributed by atoms with Gasteiger partial charge in [0.1, 0.15) is 5.75 Å². The Balaban J connectivity index is 1.64. The Kier molecular flexibility index (Phi) is 6.95. The van der Waals surface area contributed by atoms with Crippen molar-refractivity contribution in [1.29, 1.82) is 0 Å². The molecule has 7 nitrogen and oxygen atoms in total. The predicted octanol–water partition coefficient (Wildman–Crippen LogP) is 1.71. The molecule has 0 aromatic heterocycles. The summed E-state index contributed by atoms with van der Waals surface area (Å²) in [4.78, 5) is 14.5. The lowest BCUT2D eigenvalue weighted by Crippen LogP contribution is -2.59. The number of nitrogens with zero attached hydrogens (tertiary/aromatic N) is 1. The number of carbonyl (C=O) groups is 1. The van der Waals surface area contributed by atoms with E-state index in [2.05, 4.69) is 4.72 Å². The summed E-state index contributed by atoms with van der Waals surface area (Å²) in [6.45, 7) is 2.71. The standard InChI is InChI=1S/C20H30N2O5S/c1-15-6-3-4-8-19(15)27-13-20(23)22-11-5-7-17(18(22)12-26-2)21-28(24,25)14-16-9-10-16/h3-4,6,8,16-18,21H,5,7,9-14H2,1-2H3/t17?,18-/m0/s1. The van der Waals surface area contributed by atoms with E-state index in [9.17, 15) is 13.2 Å². The average molecular weight is 411 g/mol. The molecule has 28 heavy (non-hydrogen) atoms. The van der Waals surface area contributed by atoms with Crippen molar-refractivity contribution in [2.75, 3.05) is 32.6 Å². The lowest BCUT2D eigenvalue weighted by molar-refractivity contribution is -0.139. The fraction of sp³-hybridized carbons (Fsp3) is 0.650. The van der Waals surface area contributed by atoms with E-state index >= 15 is 0 Å². The minimum absolute atomic E-state index is 0.0768. The molecule has 1 aromatic carbocycles. The minimum Gasteiger partial charge on any atom is -0.484 e. The summed E-state index contributed by atoms with van der Waals surface area (Å²) in [5, 5.41) is 0.